The van der Waals surface area contributed by atoms with E-state index in [4.69, 9.17) is 9.73 Å². The molecule has 0 bridgehead atoms. The predicted octanol–water partition coefficient (Wildman–Crippen LogP) is 3.89. The van der Waals surface area contributed by atoms with E-state index in [2.05, 4.69) is 21.2 Å². The van der Waals surface area contributed by atoms with E-state index in [-0.39, 0.29) is 0 Å². The van der Waals surface area contributed by atoms with Gasteiger partial charge < -0.3 is 10.1 Å². The van der Waals surface area contributed by atoms with Crippen LogP contribution in [0.25, 0.3) is 0 Å². The van der Waals surface area contributed by atoms with Crippen LogP contribution in [0.5, 0.6) is 5.75 Å². The van der Waals surface area contributed by atoms with Gasteiger partial charge in [0.15, 0.2) is 5.17 Å². The molecule has 1 heterocycles. The van der Waals surface area contributed by atoms with Crippen LogP contribution in [0.3, 0.4) is 0 Å². The van der Waals surface area contributed by atoms with Crippen molar-refractivity contribution in [1.82, 2.24) is 0 Å². The third kappa shape index (κ3) is 2.92. The van der Waals surface area contributed by atoms with Crippen molar-refractivity contribution in [3.63, 3.8) is 0 Å². The van der Waals surface area contributed by atoms with E-state index < -0.39 is 0 Å². The molecule has 1 aliphatic carbocycles. The number of rotatable bonds is 2. The molecule has 3 atom stereocenters. The van der Waals surface area contributed by atoms with E-state index in [9.17, 15) is 0 Å². The van der Waals surface area contributed by atoms with Crippen LogP contribution >= 0.6 is 27.7 Å². The topological polar surface area (TPSA) is 33.6 Å². The first kappa shape index (κ1) is 13.3. The molecule has 102 valence electrons. The maximum absolute atomic E-state index is 5.16. The summed E-state index contributed by atoms with van der Waals surface area (Å²) in [5.74, 6) is 0.876. The van der Waals surface area contributed by atoms with Crippen LogP contribution in [0, 0.1) is 0 Å². The maximum atomic E-state index is 5.16. The van der Waals surface area contributed by atoms with Crippen LogP contribution in [0.15, 0.2) is 29.3 Å². The smallest absolute Gasteiger partial charge is 0.161 e. The molecule has 3 nitrogen and oxygen atoms in total. The van der Waals surface area contributed by atoms with Crippen molar-refractivity contribution < 1.29 is 4.74 Å². The molecule has 5 heteroatoms. The van der Waals surface area contributed by atoms with E-state index in [1.807, 2.05) is 36.0 Å². The fourth-order valence-electron chi connectivity index (χ4n) is 2.55. The van der Waals surface area contributed by atoms with Gasteiger partial charge in [-0.05, 0) is 37.1 Å². The number of aliphatic imine (C=N–C) groups is 1. The van der Waals surface area contributed by atoms with Crippen LogP contribution in [0.1, 0.15) is 19.3 Å². The van der Waals surface area contributed by atoms with Crippen LogP contribution in [-0.4, -0.2) is 28.4 Å². The molecular weight excluding hydrogens is 324 g/mol. The van der Waals surface area contributed by atoms with Gasteiger partial charge in [-0.2, -0.15) is 0 Å². The number of hydrogen-bond acceptors (Lipinski definition) is 4. The molecule has 2 aliphatic rings. The number of ether oxygens (including phenoxy) is 1. The Balaban J connectivity index is 1.67. The second kappa shape index (κ2) is 5.75. The van der Waals surface area contributed by atoms with Crippen molar-refractivity contribution in [3.8, 4) is 5.75 Å². The van der Waals surface area contributed by atoms with Gasteiger partial charge >= 0.3 is 0 Å². The van der Waals surface area contributed by atoms with Crippen molar-refractivity contribution in [2.75, 3.05) is 12.4 Å². The summed E-state index contributed by atoms with van der Waals surface area (Å²) in [5.41, 5.74) is 1.07. The van der Waals surface area contributed by atoms with Crippen molar-refractivity contribution in [2.24, 2.45) is 4.99 Å². The van der Waals surface area contributed by atoms with Crippen LogP contribution in [0.2, 0.25) is 0 Å². The number of hydrogen-bond donors (Lipinski definition) is 1. The Bertz CT molecular complexity index is 477. The van der Waals surface area contributed by atoms with Crippen LogP contribution in [-0.2, 0) is 0 Å². The Hall–Kier alpha value is -0.680. The second-order valence-corrected chi connectivity index (χ2v) is 7.23. The molecule has 0 saturated heterocycles. The number of nitrogens with zero attached hydrogens (tertiary/aromatic N) is 1. The van der Waals surface area contributed by atoms with Gasteiger partial charge in [-0.15, -0.1) is 0 Å². The summed E-state index contributed by atoms with van der Waals surface area (Å²) in [6.07, 6.45) is 3.75. The molecule has 0 amide bonds. The lowest BCUT2D eigenvalue weighted by molar-refractivity contribution is 0.415. The van der Waals surface area contributed by atoms with Crippen molar-refractivity contribution in [2.45, 2.75) is 35.4 Å². The first-order valence-corrected chi connectivity index (χ1v) is 8.35. The van der Waals surface area contributed by atoms with E-state index >= 15 is 0 Å². The fourth-order valence-corrected chi connectivity index (χ4v) is 4.82. The predicted molar refractivity (Wildman–Crippen MR) is 85.8 cm³/mol. The number of alkyl halides is 1. The molecule has 0 aromatic heterocycles. The van der Waals surface area contributed by atoms with Crippen molar-refractivity contribution in [3.05, 3.63) is 24.3 Å². The molecule has 1 aromatic carbocycles. The lowest BCUT2D eigenvalue weighted by Crippen LogP contribution is -2.31. The summed E-state index contributed by atoms with van der Waals surface area (Å²) < 4.78 is 5.16. The SMILES string of the molecule is COc1ccc(NC2=NC3CCCC(Br)C3S2)cc1. The first-order valence-electron chi connectivity index (χ1n) is 6.56. The van der Waals surface area contributed by atoms with Crippen LogP contribution in [0.4, 0.5) is 5.69 Å². The summed E-state index contributed by atoms with van der Waals surface area (Å²) in [4.78, 5) is 5.40. The van der Waals surface area contributed by atoms with Gasteiger partial charge in [0.1, 0.15) is 5.75 Å². The van der Waals surface area contributed by atoms with E-state index in [1.54, 1.807) is 7.11 Å². The Morgan fingerprint density at radius 1 is 1.32 bits per heavy atom. The number of benzene rings is 1. The van der Waals surface area contributed by atoms with Crippen molar-refractivity contribution in [1.29, 1.82) is 0 Å². The zero-order valence-corrected chi connectivity index (χ0v) is 13.2. The summed E-state index contributed by atoms with van der Waals surface area (Å²) >= 11 is 5.66. The normalized spacial score (nSPS) is 29.6. The number of methoxy groups -OCH3 is 1. The molecule has 0 radical (unpaired) electrons. The molecule has 1 fully saturated rings. The Kier molecular flexibility index (Phi) is 4.03. The summed E-state index contributed by atoms with van der Waals surface area (Å²) in [7, 11) is 1.68. The number of amidine groups is 1. The van der Waals surface area contributed by atoms with Crippen molar-refractivity contribution >= 4 is 38.5 Å². The van der Waals surface area contributed by atoms with E-state index in [0.29, 0.717) is 16.1 Å². The highest BCUT2D eigenvalue weighted by atomic mass is 79.9. The highest BCUT2D eigenvalue weighted by Gasteiger charge is 2.37. The fraction of sp³-hybridized carbons (Fsp3) is 0.500. The number of fused-ring (bicyclic) bond motifs is 1. The quantitative estimate of drug-likeness (QED) is 0.829. The molecular formula is C14H17BrN2OS. The number of halogens is 1. The van der Waals surface area contributed by atoms with Crippen LogP contribution < -0.4 is 10.1 Å². The standard InChI is InChI=1S/C14H17BrN2OS/c1-18-10-7-5-9(6-8-10)16-14-17-12-4-2-3-11(15)13(12)19-14/h5-8,11-13H,2-4H2,1H3,(H,16,17). The summed E-state index contributed by atoms with van der Waals surface area (Å²) in [6, 6.07) is 8.44. The Morgan fingerprint density at radius 3 is 2.79 bits per heavy atom. The second-order valence-electron chi connectivity index (χ2n) is 4.88. The maximum Gasteiger partial charge on any atom is 0.161 e. The Labute approximate surface area is 126 Å². The molecule has 0 spiro atoms. The van der Waals surface area contributed by atoms with E-state index in [1.165, 1.54) is 19.3 Å². The number of thioether (sulfide) groups is 1. The molecule has 1 saturated carbocycles. The van der Waals surface area contributed by atoms with E-state index in [0.717, 1.165) is 16.6 Å². The van der Waals surface area contributed by atoms with Gasteiger partial charge in [0, 0.05) is 15.8 Å². The van der Waals surface area contributed by atoms with Gasteiger partial charge in [0.2, 0.25) is 0 Å². The summed E-state index contributed by atoms with van der Waals surface area (Å²) in [6.45, 7) is 0. The average Bonchev–Trinajstić information content (AvgIpc) is 2.84. The molecule has 19 heavy (non-hydrogen) atoms. The Morgan fingerprint density at radius 2 is 2.11 bits per heavy atom. The minimum atomic E-state index is 0.476. The third-order valence-corrected chi connectivity index (χ3v) is 6.31. The minimum absolute atomic E-state index is 0.476. The minimum Gasteiger partial charge on any atom is -0.497 e. The molecule has 3 rings (SSSR count). The van der Waals surface area contributed by atoms with Gasteiger partial charge in [-0.1, -0.05) is 34.1 Å². The number of anilines is 1. The zero-order valence-electron chi connectivity index (χ0n) is 10.8. The lowest BCUT2D eigenvalue weighted by Gasteiger charge is -2.27. The third-order valence-electron chi connectivity index (χ3n) is 3.59. The number of nitrogens with one attached hydrogen (secondary N) is 1. The molecule has 3 unspecified atom stereocenters. The monoisotopic (exact) mass is 340 g/mol. The molecule has 1 aliphatic heterocycles. The lowest BCUT2D eigenvalue weighted by atomic mass is 9.95. The summed E-state index contributed by atoms with van der Waals surface area (Å²) in [5, 5.41) is 5.05. The van der Waals surface area contributed by atoms with Gasteiger partial charge in [0.05, 0.1) is 13.2 Å². The highest BCUT2D eigenvalue weighted by molar-refractivity contribution is 9.09. The zero-order chi connectivity index (χ0) is 13.2. The molecule has 1 N–H and O–H groups in total. The average molecular weight is 341 g/mol. The molecule has 1 aromatic rings. The van der Waals surface area contributed by atoms with Gasteiger partial charge in [-0.3, -0.25) is 4.99 Å². The van der Waals surface area contributed by atoms with Gasteiger partial charge in [-0.25, -0.2) is 0 Å². The first-order chi connectivity index (χ1) is 9.26. The largest absolute Gasteiger partial charge is 0.497 e. The highest BCUT2D eigenvalue weighted by Crippen LogP contribution is 2.40. The van der Waals surface area contributed by atoms with Gasteiger partial charge in [0.25, 0.3) is 0 Å².